The van der Waals surface area contributed by atoms with E-state index >= 15 is 0 Å². The van der Waals surface area contributed by atoms with Gasteiger partial charge in [0.05, 0.1) is 17.1 Å². The van der Waals surface area contributed by atoms with Crippen molar-refractivity contribution >= 4 is 40.8 Å². The van der Waals surface area contributed by atoms with Crippen molar-refractivity contribution in [3.8, 4) is 0 Å². The van der Waals surface area contributed by atoms with Gasteiger partial charge in [-0.25, -0.2) is 0 Å². The molecule has 0 aromatic heterocycles. The van der Waals surface area contributed by atoms with Crippen LogP contribution in [-0.4, -0.2) is 24.4 Å². The van der Waals surface area contributed by atoms with E-state index in [9.17, 15) is 14.4 Å². The molecule has 0 saturated heterocycles. The number of hydrogen-bond acceptors (Lipinski definition) is 4. The number of hydrogen-bond donors (Lipinski definition) is 2. The Morgan fingerprint density at radius 1 is 1.04 bits per heavy atom. The summed E-state index contributed by atoms with van der Waals surface area (Å²) in [6.45, 7) is 4.77. The fourth-order valence-electron chi connectivity index (χ4n) is 2.52. The number of carbonyl (C=O) groups excluding carboxylic acids is 3. The van der Waals surface area contributed by atoms with Crippen LogP contribution in [0.4, 0.5) is 11.4 Å². The van der Waals surface area contributed by atoms with Crippen molar-refractivity contribution in [2.75, 3.05) is 17.2 Å². The molecule has 0 aliphatic carbocycles. The molecule has 0 spiro atoms. The third kappa shape index (κ3) is 6.42. The van der Waals surface area contributed by atoms with Gasteiger partial charge in [-0.2, -0.15) is 0 Å². The van der Waals surface area contributed by atoms with Crippen LogP contribution in [0.25, 0.3) is 0 Å². The maximum Gasteiger partial charge on any atom is 0.310 e. The summed E-state index contributed by atoms with van der Waals surface area (Å²) in [6, 6.07) is 10.5. The Morgan fingerprint density at radius 2 is 1.70 bits per heavy atom. The van der Waals surface area contributed by atoms with E-state index in [-0.39, 0.29) is 12.3 Å². The highest BCUT2D eigenvalue weighted by Crippen LogP contribution is 2.27. The summed E-state index contributed by atoms with van der Waals surface area (Å²) in [5, 5.41) is 5.74. The summed E-state index contributed by atoms with van der Waals surface area (Å²) in [5.41, 5.74) is 3.69. The summed E-state index contributed by atoms with van der Waals surface area (Å²) in [5.74, 6) is -1.15. The number of halogens is 1. The van der Waals surface area contributed by atoms with Gasteiger partial charge in [-0.15, -0.1) is 0 Å². The molecule has 0 fully saturated rings. The second-order valence-corrected chi connectivity index (χ2v) is 6.61. The number of esters is 1. The van der Waals surface area contributed by atoms with E-state index in [0.717, 1.165) is 11.1 Å². The van der Waals surface area contributed by atoms with E-state index < -0.39 is 18.5 Å². The van der Waals surface area contributed by atoms with Gasteiger partial charge in [0.25, 0.3) is 5.91 Å². The van der Waals surface area contributed by atoms with Crippen LogP contribution in [0.5, 0.6) is 0 Å². The fourth-order valence-corrected chi connectivity index (χ4v) is 2.89. The Kier molecular flexibility index (Phi) is 6.96. The predicted octanol–water partition coefficient (Wildman–Crippen LogP) is 3.64. The molecule has 27 heavy (non-hydrogen) atoms. The van der Waals surface area contributed by atoms with Crippen LogP contribution in [0.1, 0.15) is 23.6 Å². The monoisotopic (exact) mass is 388 g/mol. The Balaban J connectivity index is 1.85. The van der Waals surface area contributed by atoms with E-state index in [4.69, 9.17) is 16.3 Å². The van der Waals surface area contributed by atoms with Gasteiger partial charge in [0.15, 0.2) is 6.61 Å². The molecule has 142 valence electrons. The van der Waals surface area contributed by atoms with Gasteiger partial charge < -0.3 is 15.4 Å². The molecule has 6 nitrogen and oxygen atoms in total. The minimum atomic E-state index is -0.524. The Bertz CT molecular complexity index is 840. The molecule has 2 aromatic rings. The SMILES string of the molecule is CC(=O)Nc1ccc(CC(=O)OCC(=O)Nc2c(C)cc(C)cc2Cl)cc1. The molecule has 2 amide bonds. The lowest BCUT2D eigenvalue weighted by molar-refractivity contribution is -0.146. The van der Waals surface area contributed by atoms with Crippen LogP contribution in [0.15, 0.2) is 36.4 Å². The van der Waals surface area contributed by atoms with Gasteiger partial charge in [0, 0.05) is 12.6 Å². The molecule has 2 N–H and O–H groups in total. The van der Waals surface area contributed by atoms with Crippen molar-refractivity contribution in [2.45, 2.75) is 27.2 Å². The van der Waals surface area contributed by atoms with E-state index in [2.05, 4.69) is 10.6 Å². The first-order valence-electron chi connectivity index (χ1n) is 8.33. The number of ether oxygens (including phenoxy) is 1. The Morgan fingerprint density at radius 3 is 2.30 bits per heavy atom. The van der Waals surface area contributed by atoms with Gasteiger partial charge >= 0.3 is 5.97 Å². The van der Waals surface area contributed by atoms with E-state index in [1.165, 1.54) is 6.92 Å². The molecule has 0 aliphatic heterocycles. The first-order valence-corrected chi connectivity index (χ1v) is 8.71. The van der Waals surface area contributed by atoms with Gasteiger partial charge in [-0.3, -0.25) is 14.4 Å². The minimum Gasteiger partial charge on any atom is -0.455 e. The molecule has 2 aromatic carbocycles. The van der Waals surface area contributed by atoms with Crippen molar-refractivity contribution in [3.05, 3.63) is 58.1 Å². The van der Waals surface area contributed by atoms with Crippen LogP contribution in [-0.2, 0) is 25.5 Å². The predicted molar refractivity (Wildman–Crippen MR) is 105 cm³/mol. The molecule has 0 saturated carbocycles. The Hall–Kier alpha value is -2.86. The number of anilines is 2. The zero-order chi connectivity index (χ0) is 20.0. The lowest BCUT2D eigenvalue weighted by Crippen LogP contribution is -2.22. The summed E-state index contributed by atoms with van der Waals surface area (Å²) in [7, 11) is 0. The summed E-state index contributed by atoms with van der Waals surface area (Å²) < 4.78 is 5.01. The molecule has 0 aliphatic rings. The molecule has 0 atom stereocenters. The lowest BCUT2D eigenvalue weighted by atomic mass is 10.1. The maximum atomic E-state index is 12.0. The highest BCUT2D eigenvalue weighted by molar-refractivity contribution is 6.34. The molecule has 2 rings (SSSR count). The normalized spacial score (nSPS) is 10.2. The lowest BCUT2D eigenvalue weighted by Gasteiger charge is -2.12. The third-order valence-electron chi connectivity index (χ3n) is 3.68. The van der Waals surface area contributed by atoms with Crippen molar-refractivity contribution < 1.29 is 19.1 Å². The summed E-state index contributed by atoms with van der Waals surface area (Å²) in [4.78, 5) is 34.9. The zero-order valence-corrected chi connectivity index (χ0v) is 16.1. The fraction of sp³-hybridized carbons (Fsp3) is 0.250. The number of aryl methyl sites for hydroxylation is 2. The van der Waals surface area contributed by atoms with Crippen LogP contribution < -0.4 is 10.6 Å². The highest BCUT2D eigenvalue weighted by Gasteiger charge is 2.12. The van der Waals surface area contributed by atoms with Crippen LogP contribution in [0.3, 0.4) is 0 Å². The largest absolute Gasteiger partial charge is 0.455 e. The number of rotatable bonds is 6. The number of nitrogens with one attached hydrogen (secondary N) is 2. The van der Waals surface area contributed by atoms with Crippen molar-refractivity contribution in [1.29, 1.82) is 0 Å². The summed E-state index contributed by atoms with van der Waals surface area (Å²) in [6.07, 6.45) is 0.0257. The smallest absolute Gasteiger partial charge is 0.310 e. The zero-order valence-electron chi connectivity index (χ0n) is 15.4. The van der Waals surface area contributed by atoms with E-state index in [1.54, 1.807) is 30.3 Å². The molecular formula is C20H21ClN2O4. The van der Waals surface area contributed by atoms with E-state index in [0.29, 0.717) is 22.0 Å². The second-order valence-electron chi connectivity index (χ2n) is 6.20. The van der Waals surface area contributed by atoms with Gasteiger partial charge in [0.1, 0.15) is 0 Å². The third-order valence-corrected chi connectivity index (χ3v) is 3.98. The number of carbonyl (C=O) groups is 3. The van der Waals surface area contributed by atoms with Gasteiger partial charge in [-0.1, -0.05) is 29.8 Å². The average molecular weight is 389 g/mol. The average Bonchev–Trinajstić information content (AvgIpc) is 2.57. The molecule has 0 heterocycles. The van der Waals surface area contributed by atoms with Gasteiger partial charge in [-0.05, 0) is 48.7 Å². The standard InChI is InChI=1S/C20H21ClN2O4/c1-12-8-13(2)20(17(21)9-12)23-18(25)11-27-19(26)10-15-4-6-16(7-5-15)22-14(3)24/h4-9H,10-11H2,1-3H3,(H,22,24)(H,23,25). The van der Waals surface area contributed by atoms with Crippen molar-refractivity contribution in [3.63, 3.8) is 0 Å². The molecule has 0 radical (unpaired) electrons. The van der Waals surface area contributed by atoms with Crippen LogP contribution >= 0.6 is 11.6 Å². The second kappa shape index (κ2) is 9.19. The molecular weight excluding hydrogens is 368 g/mol. The quantitative estimate of drug-likeness (QED) is 0.740. The molecule has 0 bridgehead atoms. The topological polar surface area (TPSA) is 84.5 Å². The first kappa shape index (κ1) is 20.5. The van der Waals surface area contributed by atoms with Crippen molar-refractivity contribution in [2.24, 2.45) is 0 Å². The Labute approximate surface area is 162 Å². The van der Waals surface area contributed by atoms with Crippen LogP contribution in [0.2, 0.25) is 5.02 Å². The molecule has 0 unspecified atom stereocenters. The van der Waals surface area contributed by atoms with E-state index in [1.807, 2.05) is 19.9 Å². The van der Waals surface area contributed by atoms with Gasteiger partial charge in [0.2, 0.25) is 5.91 Å². The number of amides is 2. The maximum absolute atomic E-state index is 12.0. The van der Waals surface area contributed by atoms with Crippen molar-refractivity contribution in [1.82, 2.24) is 0 Å². The minimum absolute atomic E-state index is 0.0257. The summed E-state index contributed by atoms with van der Waals surface area (Å²) >= 11 is 6.14. The van der Waals surface area contributed by atoms with Crippen LogP contribution in [0, 0.1) is 13.8 Å². The first-order chi connectivity index (χ1) is 12.7. The molecule has 7 heteroatoms. The number of benzene rings is 2. The highest BCUT2D eigenvalue weighted by atomic mass is 35.5.